The minimum atomic E-state index is -3.28. The summed E-state index contributed by atoms with van der Waals surface area (Å²) in [5.41, 5.74) is 4.56. The van der Waals surface area contributed by atoms with Gasteiger partial charge in [0.1, 0.15) is 12.1 Å². The third-order valence-electron chi connectivity index (χ3n) is 4.99. The topological polar surface area (TPSA) is 75.2 Å². The lowest BCUT2D eigenvalue weighted by atomic mass is 9.99. The second kappa shape index (κ2) is 6.81. The molecule has 7 heteroatoms. The summed E-state index contributed by atoms with van der Waals surface area (Å²) >= 11 is 0. The number of rotatable bonds is 4. The van der Waals surface area contributed by atoms with Crippen molar-refractivity contribution in [3.8, 4) is 0 Å². The molecule has 27 heavy (non-hydrogen) atoms. The second-order valence-electron chi connectivity index (χ2n) is 7.02. The Bertz CT molecular complexity index is 1110. The number of benzene rings is 2. The Kier molecular flexibility index (Phi) is 4.47. The van der Waals surface area contributed by atoms with E-state index >= 15 is 0 Å². The van der Waals surface area contributed by atoms with Gasteiger partial charge < -0.3 is 10.2 Å². The molecular formula is C20H22N4O2S. The summed E-state index contributed by atoms with van der Waals surface area (Å²) < 4.78 is 23.7. The van der Waals surface area contributed by atoms with Crippen LogP contribution in [0.25, 0.3) is 10.9 Å². The zero-order valence-electron chi connectivity index (χ0n) is 15.4. The first-order valence-corrected chi connectivity index (χ1v) is 10.8. The van der Waals surface area contributed by atoms with Gasteiger partial charge in [-0.3, -0.25) is 0 Å². The van der Waals surface area contributed by atoms with Gasteiger partial charge in [0.25, 0.3) is 0 Å². The maximum atomic E-state index is 11.9. The largest absolute Gasteiger partial charge is 0.374 e. The van der Waals surface area contributed by atoms with Crippen molar-refractivity contribution in [3.63, 3.8) is 0 Å². The molecule has 0 spiro atoms. The predicted molar refractivity (Wildman–Crippen MR) is 108 cm³/mol. The molecule has 3 aromatic rings. The van der Waals surface area contributed by atoms with Crippen molar-refractivity contribution in [3.05, 3.63) is 53.9 Å². The van der Waals surface area contributed by atoms with Crippen LogP contribution in [0.1, 0.15) is 17.5 Å². The highest BCUT2D eigenvalue weighted by atomic mass is 32.2. The summed E-state index contributed by atoms with van der Waals surface area (Å²) in [5.74, 6) is 0.639. The smallest absolute Gasteiger partial charge is 0.175 e. The first kappa shape index (κ1) is 17.7. The summed E-state index contributed by atoms with van der Waals surface area (Å²) in [7, 11) is -1.15. The van der Waals surface area contributed by atoms with E-state index in [-0.39, 0.29) is 4.90 Å². The number of aromatic nitrogens is 2. The Morgan fingerprint density at radius 3 is 2.81 bits per heavy atom. The van der Waals surface area contributed by atoms with Gasteiger partial charge in [-0.05, 0) is 48.2 Å². The Hall–Kier alpha value is -2.67. The van der Waals surface area contributed by atoms with E-state index in [2.05, 4.69) is 45.4 Å². The van der Waals surface area contributed by atoms with Crippen LogP contribution in [0.15, 0.2) is 47.6 Å². The second-order valence-corrected chi connectivity index (χ2v) is 9.03. The third-order valence-corrected chi connectivity index (χ3v) is 6.10. The number of nitrogens with zero attached hydrogens (tertiary/aromatic N) is 3. The van der Waals surface area contributed by atoms with Crippen LogP contribution in [0, 0.1) is 0 Å². The van der Waals surface area contributed by atoms with E-state index in [0.717, 1.165) is 13.0 Å². The molecule has 0 fully saturated rings. The highest BCUT2D eigenvalue weighted by Gasteiger charge is 2.14. The van der Waals surface area contributed by atoms with Crippen molar-refractivity contribution in [1.82, 2.24) is 9.97 Å². The van der Waals surface area contributed by atoms with Gasteiger partial charge in [0.05, 0.1) is 10.4 Å². The van der Waals surface area contributed by atoms with Crippen molar-refractivity contribution >= 4 is 32.2 Å². The fraction of sp³-hybridized carbons (Fsp3) is 0.300. The molecule has 0 atom stereocenters. The van der Waals surface area contributed by atoms with Gasteiger partial charge in [-0.25, -0.2) is 18.4 Å². The molecule has 2 aromatic carbocycles. The van der Waals surface area contributed by atoms with Crippen LogP contribution in [-0.4, -0.2) is 38.2 Å². The van der Waals surface area contributed by atoms with Crippen molar-refractivity contribution in [2.24, 2.45) is 0 Å². The average Bonchev–Trinajstić information content (AvgIpc) is 2.65. The number of hydrogen-bond donors (Lipinski definition) is 1. The van der Waals surface area contributed by atoms with Gasteiger partial charge in [0.15, 0.2) is 9.84 Å². The summed E-state index contributed by atoms with van der Waals surface area (Å²) in [6, 6.07) is 11.5. The summed E-state index contributed by atoms with van der Waals surface area (Å²) in [4.78, 5) is 11.1. The molecule has 140 valence electrons. The van der Waals surface area contributed by atoms with Gasteiger partial charge in [-0.15, -0.1) is 0 Å². The molecule has 1 aliphatic heterocycles. The normalized spacial score (nSPS) is 14.2. The number of sulfone groups is 1. The summed E-state index contributed by atoms with van der Waals surface area (Å²) in [6.45, 7) is 1.71. The molecule has 0 saturated heterocycles. The van der Waals surface area contributed by atoms with Gasteiger partial charge in [-0.2, -0.15) is 0 Å². The Morgan fingerprint density at radius 2 is 2.00 bits per heavy atom. The molecule has 2 heterocycles. The van der Waals surface area contributed by atoms with E-state index in [1.165, 1.54) is 35.8 Å². The zero-order chi connectivity index (χ0) is 19.0. The Balaban J connectivity index is 1.62. The van der Waals surface area contributed by atoms with Crippen molar-refractivity contribution in [2.75, 3.05) is 30.1 Å². The molecule has 0 unspecified atom stereocenters. The van der Waals surface area contributed by atoms with Crippen LogP contribution < -0.4 is 10.2 Å². The zero-order valence-corrected chi connectivity index (χ0v) is 16.3. The summed E-state index contributed by atoms with van der Waals surface area (Å²) in [5, 5.41) is 4.05. The highest BCUT2D eigenvalue weighted by molar-refractivity contribution is 7.90. The van der Waals surface area contributed by atoms with E-state index in [1.54, 1.807) is 18.2 Å². The van der Waals surface area contributed by atoms with E-state index in [9.17, 15) is 8.42 Å². The monoisotopic (exact) mass is 382 g/mol. The quantitative estimate of drug-likeness (QED) is 0.748. The van der Waals surface area contributed by atoms with E-state index in [1.807, 2.05) is 0 Å². The van der Waals surface area contributed by atoms with Crippen molar-refractivity contribution < 1.29 is 8.42 Å². The van der Waals surface area contributed by atoms with Gasteiger partial charge in [0.2, 0.25) is 0 Å². The van der Waals surface area contributed by atoms with Crippen molar-refractivity contribution in [2.45, 2.75) is 24.3 Å². The molecule has 0 bridgehead atoms. The van der Waals surface area contributed by atoms with Gasteiger partial charge >= 0.3 is 0 Å². The number of anilines is 2. The maximum absolute atomic E-state index is 11.9. The van der Waals surface area contributed by atoms with E-state index in [0.29, 0.717) is 23.3 Å². The SMILES string of the molecule is CN1CCCc2cc(CNc3ncnc4ccc(S(C)(=O)=O)cc34)ccc21. The molecule has 0 saturated carbocycles. The first-order chi connectivity index (χ1) is 12.9. The molecule has 4 rings (SSSR count). The number of hydrogen-bond acceptors (Lipinski definition) is 6. The van der Waals surface area contributed by atoms with Gasteiger partial charge in [-0.1, -0.05) is 12.1 Å². The van der Waals surface area contributed by atoms with E-state index < -0.39 is 9.84 Å². The lowest BCUT2D eigenvalue weighted by molar-refractivity contribution is 0.602. The van der Waals surface area contributed by atoms with Crippen molar-refractivity contribution in [1.29, 1.82) is 0 Å². The Labute approximate surface area is 159 Å². The van der Waals surface area contributed by atoms with Crippen LogP contribution >= 0.6 is 0 Å². The van der Waals surface area contributed by atoms with Crippen LogP contribution in [0.3, 0.4) is 0 Å². The van der Waals surface area contributed by atoms with Gasteiger partial charge in [0, 0.05) is 37.5 Å². The maximum Gasteiger partial charge on any atom is 0.175 e. The average molecular weight is 382 g/mol. The molecule has 0 radical (unpaired) electrons. The molecule has 0 amide bonds. The lowest BCUT2D eigenvalue weighted by Gasteiger charge is -2.27. The molecule has 1 aromatic heterocycles. The predicted octanol–water partition coefficient (Wildman–Crippen LogP) is 3.03. The molecule has 0 aliphatic carbocycles. The Morgan fingerprint density at radius 1 is 1.15 bits per heavy atom. The lowest BCUT2D eigenvalue weighted by Crippen LogP contribution is -2.24. The van der Waals surface area contributed by atoms with Crippen LogP contribution in [0.5, 0.6) is 0 Å². The molecule has 1 N–H and O–H groups in total. The number of nitrogens with one attached hydrogen (secondary N) is 1. The third kappa shape index (κ3) is 3.60. The fourth-order valence-corrected chi connectivity index (χ4v) is 4.19. The summed E-state index contributed by atoms with van der Waals surface area (Å²) in [6.07, 6.45) is 4.97. The first-order valence-electron chi connectivity index (χ1n) is 8.93. The van der Waals surface area contributed by atoms with E-state index in [4.69, 9.17) is 0 Å². The molecule has 1 aliphatic rings. The molecule has 6 nitrogen and oxygen atoms in total. The minimum absolute atomic E-state index is 0.268. The number of fused-ring (bicyclic) bond motifs is 2. The number of aryl methyl sites for hydroxylation is 1. The van der Waals surface area contributed by atoms with Crippen LogP contribution in [-0.2, 0) is 22.8 Å². The molecular weight excluding hydrogens is 360 g/mol. The van der Waals surface area contributed by atoms with Crippen LogP contribution in [0.4, 0.5) is 11.5 Å². The minimum Gasteiger partial charge on any atom is -0.374 e. The standard InChI is InChI=1S/C20H22N4O2S/c1-24-9-3-4-15-10-14(5-8-19(15)24)12-21-20-17-11-16(27(2,25)26)6-7-18(17)22-13-23-20/h5-8,10-11,13H,3-4,9,12H2,1-2H3,(H,21,22,23). The fourth-order valence-electron chi connectivity index (χ4n) is 3.54. The highest BCUT2D eigenvalue weighted by Crippen LogP contribution is 2.28. The van der Waals surface area contributed by atoms with Crippen LogP contribution in [0.2, 0.25) is 0 Å².